The van der Waals surface area contributed by atoms with Crippen LogP contribution in [0.3, 0.4) is 0 Å². The predicted molar refractivity (Wildman–Crippen MR) is 54.6 cm³/mol. The van der Waals surface area contributed by atoms with Gasteiger partial charge in [-0.1, -0.05) is 18.6 Å². The van der Waals surface area contributed by atoms with Crippen LogP contribution in [0.5, 0.6) is 0 Å². The number of hydrogen-bond donors (Lipinski definition) is 2. The van der Waals surface area contributed by atoms with E-state index in [-0.39, 0.29) is 17.3 Å². The Hall–Kier alpha value is -2.45. The molecule has 0 aliphatic carbocycles. The highest BCUT2D eigenvalue weighted by atomic mass is 16.6. The van der Waals surface area contributed by atoms with E-state index in [4.69, 9.17) is 10.8 Å². The molecule has 0 unspecified atom stereocenters. The summed E-state index contributed by atoms with van der Waals surface area (Å²) in [5.74, 6) is -0.965. The maximum Gasteiger partial charge on any atom is 0.358 e. The highest BCUT2D eigenvalue weighted by Gasteiger charge is 2.22. The fourth-order valence-corrected chi connectivity index (χ4v) is 1.44. The summed E-state index contributed by atoms with van der Waals surface area (Å²) in [7, 11) is 0. The van der Waals surface area contributed by atoms with Gasteiger partial charge in [-0.25, -0.2) is 9.42 Å². The van der Waals surface area contributed by atoms with Crippen LogP contribution >= 0.6 is 0 Å². The molecule has 90 valence electrons. The maximum atomic E-state index is 11.0. The van der Waals surface area contributed by atoms with Gasteiger partial charge in [-0.15, -0.1) is 5.10 Å². The number of carboxylic acids is 1. The summed E-state index contributed by atoms with van der Waals surface area (Å²) in [6.45, 7) is 1.91. The van der Waals surface area contributed by atoms with Crippen LogP contribution in [0.1, 0.15) is 29.5 Å². The van der Waals surface area contributed by atoms with Crippen molar-refractivity contribution in [3.05, 3.63) is 11.4 Å². The second kappa shape index (κ2) is 4.20. The van der Waals surface area contributed by atoms with Crippen LogP contribution in [0.4, 0.5) is 5.82 Å². The molecule has 2 rings (SSSR count). The molecule has 2 aromatic heterocycles. The van der Waals surface area contributed by atoms with Gasteiger partial charge in [0.15, 0.2) is 5.69 Å². The Labute approximate surface area is 95.2 Å². The van der Waals surface area contributed by atoms with Gasteiger partial charge in [-0.2, -0.15) is 4.68 Å². The highest BCUT2D eigenvalue weighted by molar-refractivity contribution is 5.86. The minimum Gasteiger partial charge on any atom is -0.476 e. The number of nitrogens with two attached hydrogens (primary N) is 1. The Kier molecular flexibility index (Phi) is 2.73. The molecule has 2 heterocycles. The number of aromatic carboxylic acids is 1. The Morgan fingerprint density at radius 3 is 2.82 bits per heavy atom. The first-order valence-corrected chi connectivity index (χ1v) is 4.91. The number of rotatable bonds is 4. The molecule has 17 heavy (non-hydrogen) atoms. The maximum absolute atomic E-state index is 11.0. The van der Waals surface area contributed by atoms with Crippen molar-refractivity contribution in [2.75, 3.05) is 5.73 Å². The quantitative estimate of drug-likeness (QED) is 0.753. The monoisotopic (exact) mass is 238 g/mol. The molecule has 0 bridgehead atoms. The second-order valence-corrected chi connectivity index (χ2v) is 3.32. The van der Waals surface area contributed by atoms with Gasteiger partial charge in [-0.3, -0.25) is 0 Å². The van der Waals surface area contributed by atoms with Crippen LogP contribution in [-0.2, 0) is 6.42 Å². The summed E-state index contributed by atoms with van der Waals surface area (Å²) in [6.07, 6.45) is 1.22. The fraction of sp³-hybridized carbons (Fsp3) is 0.375. The molecule has 0 radical (unpaired) electrons. The van der Waals surface area contributed by atoms with Gasteiger partial charge in [-0.05, 0) is 16.7 Å². The Balaban J connectivity index is 2.55. The van der Waals surface area contributed by atoms with Gasteiger partial charge >= 0.3 is 5.97 Å². The van der Waals surface area contributed by atoms with Gasteiger partial charge in [0.25, 0.3) is 0 Å². The minimum absolute atomic E-state index is 0.0317. The van der Waals surface area contributed by atoms with E-state index in [0.29, 0.717) is 12.1 Å². The molecular weight excluding hydrogens is 228 g/mol. The van der Waals surface area contributed by atoms with E-state index in [1.54, 1.807) is 0 Å². The van der Waals surface area contributed by atoms with Crippen molar-refractivity contribution in [3.63, 3.8) is 0 Å². The molecule has 0 spiro atoms. The summed E-state index contributed by atoms with van der Waals surface area (Å²) in [5.41, 5.74) is 5.82. The van der Waals surface area contributed by atoms with Gasteiger partial charge in [0.2, 0.25) is 11.6 Å². The SMILES string of the molecule is CCCc1c(C(=O)O)nnn1-c1nonc1N. The van der Waals surface area contributed by atoms with Crippen molar-refractivity contribution >= 4 is 11.8 Å². The summed E-state index contributed by atoms with van der Waals surface area (Å²) < 4.78 is 5.68. The number of aromatic nitrogens is 5. The Morgan fingerprint density at radius 2 is 2.29 bits per heavy atom. The van der Waals surface area contributed by atoms with Crippen molar-refractivity contribution in [3.8, 4) is 5.82 Å². The van der Waals surface area contributed by atoms with Gasteiger partial charge in [0.1, 0.15) is 0 Å². The van der Waals surface area contributed by atoms with Crippen LogP contribution in [0.2, 0.25) is 0 Å². The van der Waals surface area contributed by atoms with Gasteiger partial charge < -0.3 is 10.8 Å². The number of carboxylic acid groups (broad SMARTS) is 1. The van der Waals surface area contributed by atoms with Gasteiger partial charge in [0.05, 0.1) is 5.69 Å². The van der Waals surface area contributed by atoms with Crippen molar-refractivity contribution in [2.45, 2.75) is 19.8 Å². The standard InChI is InChI=1S/C8H10N6O3/c1-2-3-4-5(8(15)16)10-13-14(4)7-6(9)11-17-12-7/h2-3H2,1H3,(H2,9,11)(H,15,16). The first kappa shape index (κ1) is 11.0. The molecule has 2 aromatic rings. The fourth-order valence-electron chi connectivity index (χ4n) is 1.44. The van der Waals surface area contributed by atoms with E-state index in [0.717, 1.165) is 6.42 Å². The zero-order valence-electron chi connectivity index (χ0n) is 8.99. The highest BCUT2D eigenvalue weighted by Crippen LogP contribution is 2.16. The first-order valence-electron chi connectivity index (χ1n) is 4.91. The molecule has 0 amide bonds. The zero-order chi connectivity index (χ0) is 12.4. The van der Waals surface area contributed by atoms with Crippen LogP contribution in [-0.4, -0.2) is 36.4 Å². The van der Waals surface area contributed by atoms with Crippen molar-refractivity contribution in [1.29, 1.82) is 0 Å². The van der Waals surface area contributed by atoms with E-state index >= 15 is 0 Å². The molecule has 0 fully saturated rings. The van der Waals surface area contributed by atoms with Crippen LogP contribution in [0.15, 0.2) is 4.63 Å². The molecule has 0 aliphatic rings. The predicted octanol–water partition coefficient (Wildman–Crippen LogP) is -0.117. The van der Waals surface area contributed by atoms with Crippen molar-refractivity contribution < 1.29 is 14.5 Å². The molecule has 0 atom stereocenters. The van der Waals surface area contributed by atoms with Gasteiger partial charge in [0, 0.05) is 0 Å². The largest absolute Gasteiger partial charge is 0.476 e. The average molecular weight is 238 g/mol. The summed E-state index contributed by atoms with van der Waals surface area (Å²) in [6, 6.07) is 0. The normalized spacial score (nSPS) is 10.6. The zero-order valence-corrected chi connectivity index (χ0v) is 8.99. The van der Waals surface area contributed by atoms with Crippen LogP contribution in [0.25, 0.3) is 5.82 Å². The average Bonchev–Trinajstić information content (AvgIpc) is 2.85. The van der Waals surface area contributed by atoms with Crippen LogP contribution < -0.4 is 5.73 Å². The number of nitrogen functional groups attached to an aromatic ring is 1. The molecule has 0 saturated carbocycles. The number of carbonyl (C=O) groups is 1. The molecule has 9 nitrogen and oxygen atoms in total. The third-order valence-electron chi connectivity index (χ3n) is 2.15. The molecule has 0 aliphatic heterocycles. The smallest absolute Gasteiger partial charge is 0.358 e. The molecule has 0 saturated heterocycles. The van der Waals surface area contributed by atoms with E-state index in [1.807, 2.05) is 6.92 Å². The topological polar surface area (TPSA) is 133 Å². The Bertz CT molecular complexity index is 545. The lowest BCUT2D eigenvalue weighted by Gasteiger charge is -2.01. The Morgan fingerprint density at radius 1 is 1.53 bits per heavy atom. The number of anilines is 1. The first-order chi connectivity index (χ1) is 8.15. The molecule has 9 heteroatoms. The second-order valence-electron chi connectivity index (χ2n) is 3.32. The van der Waals surface area contributed by atoms with Crippen LogP contribution in [0, 0.1) is 0 Å². The lowest BCUT2D eigenvalue weighted by Crippen LogP contribution is -2.08. The molecule has 3 N–H and O–H groups in total. The molecular formula is C8H10N6O3. The van der Waals surface area contributed by atoms with Crippen molar-refractivity contribution in [2.24, 2.45) is 0 Å². The minimum atomic E-state index is -1.14. The number of hydrogen-bond acceptors (Lipinski definition) is 7. The summed E-state index contributed by atoms with van der Waals surface area (Å²) in [5, 5.41) is 23.2. The lowest BCUT2D eigenvalue weighted by atomic mass is 10.2. The number of nitrogens with zero attached hydrogens (tertiary/aromatic N) is 5. The third-order valence-corrected chi connectivity index (χ3v) is 2.15. The van der Waals surface area contributed by atoms with E-state index in [1.165, 1.54) is 4.68 Å². The summed E-state index contributed by atoms with van der Waals surface area (Å²) in [4.78, 5) is 11.0. The van der Waals surface area contributed by atoms with E-state index < -0.39 is 5.97 Å². The van der Waals surface area contributed by atoms with E-state index in [9.17, 15) is 4.79 Å². The van der Waals surface area contributed by atoms with Crippen molar-refractivity contribution in [1.82, 2.24) is 25.3 Å². The summed E-state index contributed by atoms with van der Waals surface area (Å²) >= 11 is 0. The third kappa shape index (κ3) is 1.82. The lowest BCUT2D eigenvalue weighted by molar-refractivity contribution is 0.0689. The molecule has 0 aromatic carbocycles. The van der Waals surface area contributed by atoms with E-state index in [2.05, 4.69) is 25.3 Å².